The summed E-state index contributed by atoms with van der Waals surface area (Å²) in [5, 5.41) is 3.61. The lowest BCUT2D eigenvalue weighted by molar-refractivity contribution is 0.144. The SMILES string of the molecule is COCC(C)C(CNC(C)(C)C)c1ccccc1Br. The van der Waals surface area contributed by atoms with E-state index in [1.807, 2.05) is 0 Å². The zero-order chi connectivity index (χ0) is 14.5. The monoisotopic (exact) mass is 327 g/mol. The molecule has 0 aliphatic heterocycles. The zero-order valence-corrected chi connectivity index (χ0v) is 14.3. The van der Waals surface area contributed by atoms with Gasteiger partial charge in [0, 0.05) is 36.2 Å². The molecule has 2 unspecified atom stereocenters. The quantitative estimate of drug-likeness (QED) is 0.845. The van der Waals surface area contributed by atoms with E-state index in [4.69, 9.17) is 4.74 Å². The Balaban J connectivity index is 2.89. The second kappa shape index (κ2) is 7.41. The van der Waals surface area contributed by atoms with Gasteiger partial charge in [-0.1, -0.05) is 41.1 Å². The average Bonchev–Trinajstić information content (AvgIpc) is 2.30. The fourth-order valence-corrected chi connectivity index (χ4v) is 2.77. The average molecular weight is 328 g/mol. The molecule has 1 N–H and O–H groups in total. The normalized spacial score (nSPS) is 15.3. The summed E-state index contributed by atoms with van der Waals surface area (Å²) in [7, 11) is 1.77. The Morgan fingerprint density at radius 2 is 1.89 bits per heavy atom. The Bertz CT molecular complexity index is 387. The third-order valence-electron chi connectivity index (χ3n) is 3.27. The minimum atomic E-state index is 0.131. The number of hydrogen-bond donors (Lipinski definition) is 1. The summed E-state index contributed by atoms with van der Waals surface area (Å²) in [6, 6.07) is 8.47. The molecule has 0 bridgehead atoms. The van der Waals surface area contributed by atoms with Crippen LogP contribution in [0.5, 0.6) is 0 Å². The van der Waals surface area contributed by atoms with Crippen LogP contribution in [-0.2, 0) is 4.74 Å². The van der Waals surface area contributed by atoms with Gasteiger partial charge in [0.2, 0.25) is 0 Å². The van der Waals surface area contributed by atoms with Crippen molar-refractivity contribution in [3.63, 3.8) is 0 Å². The van der Waals surface area contributed by atoms with E-state index in [1.165, 1.54) is 10.0 Å². The van der Waals surface area contributed by atoms with Crippen LogP contribution in [0.1, 0.15) is 39.2 Å². The van der Waals surface area contributed by atoms with Gasteiger partial charge in [-0.05, 0) is 38.3 Å². The molecular weight excluding hydrogens is 302 g/mol. The van der Waals surface area contributed by atoms with E-state index in [2.05, 4.69) is 73.2 Å². The highest BCUT2D eigenvalue weighted by molar-refractivity contribution is 9.10. The number of benzene rings is 1. The molecule has 108 valence electrons. The highest BCUT2D eigenvalue weighted by Crippen LogP contribution is 2.30. The first kappa shape index (κ1) is 16.7. The summed E-state index contributed by atoms with van der Waals surface area (Å²) in [6.45, 7) is 10.6. The standard InChI is InChI=1S/C16H26BrNO/c1-12(11-19-5)14(10-18-16(2,3)4)13-8-6-7-9-15(13)17/h6-9,12,14,18H,10-11H2,1-5H3. The number of methoxy groups -OCH3 is 1. The molecule has 0 aliphatic rings. The predicted octanol–water partition coefficient (Wildman–Crippen LogP) is 4.20. The molecule has 0 aromatic heterocycles. The Kier molecular flexibility index (Phi) is 6.51. The third-order valence-corrected chi connectivity index (χ3v) is 4.00. The van der Waals surface area contributed by atoms with Crippen molar-refractivity contribution in [2.45, 2.75) is 39.2 Å². The molecule has 0 aliphatic carbocycles. The molecule has 2 nitrogen and oxygen atoms in total. The van der Waals surface area contributed by atoms with Crippen LogP contribution >= 0.6 is 15.9 Å². The van der Waals surface area contributed by atoms with E-state index >= 15 is 0 Å². The smallest absolute Gasteiger partial charge is 0.0494 e. The molecule has 0 amide bonds. The summed E-state index contributed by atoms with van der Waals surface area (Å²) in [5.41, 5.74) is 1.48. The van der Waals surface area contributed by atoms with E-state index in [1.54, 1.807) is 7.11 Å². The summed E-state index contributed by atoms with van der Waals surface area (Å²) in [6.07, 6.45) is 0. The molecule has 0 saturated heterocycles. The fraction of sp³-hybridized carbons (Fsp3) is 0.625. The van der Waals surface area contributed by atoms with E-state index in [-0.39, 0.29) is 5.54 Å². The minimum absolute atomic E-state index is 0.131. The van der Waals surface area contributed by atoms with Crippen molar-refractivity contribution in [2.24, 2.45) is 5.92 Å². The number of rotatable bonds is 6. The number of ether oxygens (including phenoxy) is 1. The third kappa shape index (κ3) is 5.64. The van der Waals surface area contributed by atoms with Crippen LogP contribution in [0.2, 0.25) is 0 Å². The lowest BCUT2D eigenvalue weighted by Gasteiger charge is -2.29. The largest absolute Gasteiger partial charge is 0.384 e. The van der Waals surface area contributed by atoms with Gasteiger partial charge in [-0.3, -0.25) is 0 Å². The van der Waals surface area contributed by atoms with Crippen molar-refractivity contribution in [3.8, 4) is 0 Å². The second-order valence-corrected chi connectivity index (χ2v) is 7.05. The Hall–Kier alpha value is -0.380. The molecule has 0 saturated carbocycles. The van der Waals surface area contributed by atoms with Gasteiger partial charge >= 0.3 is 0 Å². The van der Waals surface area contributed by atoms with Crippen LogP contribution in [-0.4, -0.2) is 25.8 Å². The van der Waals surface area contributed by atoms with Crippen LogP contribution in [0, 0.1) is 5.92 Å². The van der Waals surface area contributed by atoms with Crippen LogP contribution in [0.4, 0.5) is 0 Å². The van der Waals surface area contributed by atoms with Crippen molar-refractivity contribution in [2.75, 3.05) is 20.3 Å². The van der Waals surface area contributed by atoms with Crippen molar-refractivity contribution in [1.29, 1.82) is 0 Å². The first-order valence-corrected chi connectivity index (χ1v) is 7.63. The highest BCUT2D eigenvalue weighted by Gasteiger charge is 2.23. The maximum Gasteiger partial charge on any atom is 0.0494 e. The number of halogens is 1. The first-order valence-electron chi connectivity index (χ1n) is 6.83. The van der Waals surface area contributed by atoms with Crippen molar-refractivity contribution in [1.82, 2.24) is 5.32 Å². The molecule has 1 aromatic rings. The molecule has 0 fully saturated rings. The van der Waals surface area contributed by atoms with Crippen molar-refractivity contribution >= 4 is 15.9 Å². The highest BCUT2D eigenvalue weighted by atomic mass is 79.9. The van der Waals surface area contributed by atoms with Gasteiger partial charge in [-0.2, -0.15) is 0 Å². The molecule has 19 heavy (non-hydrogen) atoms. The molecule has 0 heterocycles. The molecular formula is C16H26BrNO. The van der Waals surface area contributed by atoms with Gasteiger partial charge in [-0.15, -0.1) is 0 Å². The summed E-state index contributed by atoms with van der Waals surface area (Å²) < 4.78 is 6.51. The Labute approximate surface area is 126 Å². The van der Waals surface area contributed by atoms with Gasteiger partial charge in [0.25, 0.3) is 0 Å². The summed E-state index contributed by atoms with van der Waals surface area (Å²) in [5.74, 6) is 0.910. The second-order valence-electron chi connectivity index (χ2n) is 6.19. The molecule has 0 radical (unpaired) electrons. The van der Waals surface area contributed by atoms with E-state index in [9.17, 15) is 0 Å². The topological polar surface area (TPSA) is 21.3 Å². The van der Waals surface area contributed by atoms with Gasteiger partial charge in [-0.25, -0.2) is 0 Å². The molecule has 2 atom stereocenters. The lowest BCUT2D eigenvalue weighted by Crippen LogP contribution is -2.40. The first-order chi connectivity index (χ1) is 8.85. The Morgan fingerprint density at radius 1 is 1.26 bits per heavy atom. The van der Waals surface area contributed by atoms with Crippen LogP contribution < -0.4 is 5.32 Å². The minimum Gasteiger partial charge on any atom is -0.384 e. The van der Waals surface area contributed by atoms with Gasteiger partial charge in [0.05, 0.1) is 0 Å². The molecule has 3 heteroatoms. The van der Waals surface area contributed by atoms with E-state index < -0.39 is 0 Å². The maximum absolute atomic E-state index is 5.33. The number of hydrogen-bond acceptors (Lipinski definition) is 2. The van der Waals surface area contributed by atoms with Crippen molar-refractivity contribution in [3.05, 3.63) is 34.3 Å². The van der Waals surface area contributed by atoms with Gasteiger partial charge in [0.15, 0.2) is 0 Å². The fourth-order valence-electron chi connectivity index (χ4n) is 2.19. The van der Waals surface area contributed by atoms with Crippen molar-refractivity contribution < 1.29 is 4.74 Å². The molecule has 1 aromatic carbocycles. The van der Waals surface area contributed by atoms with E-state index in [0.717, 1.165) is 13.2 Å². The van der Waals surface area contributed by atoms with Crippen LogP contribution in [0.25, 0.3) is 0 Å². The zero-order valence-electron chi connectivity index (χ0n) is 12.7. The van der Waals surface area contributed by atoms with Gasteiger partial charge in [0.1, 0.15) is 0 Å². The van der Waals surface area contributed by atoms with Crippen LogP contribution in [0.15, 0.2) is 28.7 Å². The summed E-state index contributed by atoms with van der Waals surface area (Å²) >= 11 is 3.67. The van der Waals surface area contributed by atoms with Gasteiger partial charge < -0.3 is 10.1 Å². The Morgan fingerprint density at radius 3 is 2.42 bits per heavy atom. The van der Waals surface area contributed by atoms with Crippen LogP contribution in [0.3, 0.4) is 0 Å². The molecule has 0 spiro atoms. The predicted molar refractivity (Wildman–Crippen MR) is 85.7 cm³/mol. The number of nitrogens with one attached hydrogen (secondary N) is 1. The molecule has 1 rings (SSSR count). The van der Waals surface area contributed by atoms with E-state index in [0.29, 0.717) is 11.8 Å². The lowest BCUT2D eigenvalue weighted by atomic mass is 9.87. The maximum atomic E-state index is 5.33. The summed E-state index contributed by atoms with van der Waals surface area (Å²) in [4.78, 5) is 0.